The van der Waals surface area contributed by atoms with E-state index in [0.717, 1.165) is 5.69 Å². The third-order valence-corrected chi connectivity index (χ3v) is 5.13. The third-order valence-electron chi connectivity index (χ3n) is 4.90. The molecule has 2 heterocycles. The monoisotopic (exact) mass is 413 g/mol. The van der Waals surface area contributed by atoms with E-state index in [1.807, 2.05) is 18.2 Å². The number of nitro groups is 1. The highest BCUT2D eigenvalue weighted by Gasteiger charge is 2.25. The summed E-state index contributed by atoms with van der Waals surface area (Å²) in [5.74, 6) is -0.446. The van der Waals surface area contributed by atoms with Gasteiger partial charge >= 0.3 is 5.63 Å². The lowest BCUT2D eigenvalue weighted by atomic mass is 10.1. The summed E-state index contributed by atoms with van der Waals surface area (Å²) in [5.41, 5.74) is 0.146. The number of hydrogen-bond acceptors (Lipinski definition) is 6. The number of non-ortho nitro benzene ring substituents is 1. The Kier molecular flexibility index (Phi) is 4.94. The largest absolute Gasteiger partial charge is 0.422 e. The first kappa shape index (κ1) is 18.9. The van der Waals surface area contributed by atoms with Gasteiger partial charge in [-0.1, -0.05) is 17.7 Å². The number of carbonyl (C=O) groups is 1. The number of piperazine rings is 1. The number of anilines is 1. The number of nitrogens with zero attached hydrogens (tertiary/aromatic N) is 3. The molecule has 1 aromatic heterocycles. The first-order valence-corrected chi connectivity index (χ1v) is 9.32. The molecule has 1 saturated heterocycles. The Balaban J connectivity index is 1.55. The number of benzene rings is 2. The van der Waals surface area contributed by atoms with Gasteiger partial charge in [-0.25, -0.2) is 4.79 Å². The molecule has 1 amide bonds. The van der Waals surface area contributed by atoms with Crippen molar-refractivity contribution in [3.8, 4) is 0 Å². The average molecular weight is 414 g/mol. The first-order chi connectivity index (χ1) is 13.9. The minimum atomic E-state index is -0.756. The molecule has 0 bridgehead atoms. The van der Waals surface area contributed by atoms with E-state index in [2.05, 4.69) is 4.90 Å². The molecule has 1 aliphatic rings. The van der Waals surface area contributed by atoms with E-state index in [9.17, 15) is 19.7 Å². The molecular formula is C20H16ClN3O5. The number of carbonyl (C=O) groups excluding carboxylic acids is 1. The van der Waals surface area contributed by atoms with Crippen molar-refractivity contribution in [1.29, 1.82) is 0 Å². The molecule has 9 heteroatoms. The number of amides is 1. The summed E-state index contributed by atoms with van der Waals surface area (Å²) in [5, 5.41) is 11.9. The van der Waals surface area contributed by atoms with E-state index in [-0.39, 0.29) is 16.8 Å². The quantitative estimate of drug-likeness (QED) is 0.371. The van der Waals surface area contributed by atoms with Crippen LogP contribution in [-0.4, -0.2) is 41.9 Å². The summed E-state index contributed by atoms with van der Waals surface area (Å²) in [6, 6.07) is 12.7. The second-order valence-corrected chi connectivity index (χ2v) is 7.12. The van der Waals surface area contributed by atoms with Crippen LogP contribution >= 0.6 is 11.6 Å². The minimum Gasteiger partial charge on any atom is -0.422 e. The van der Waals surface area contributed by atoms with Gasteiger partial charge in [0.1, 0.15) is 11.1 Å². The molecule has 4 rings (SSSR count). The normalized spacial score (nSPS) is 14.2. The summed E-state index contributed by atoms with van der Waals surface area (Å²) >= 11 is 6.04. The molecule has 0 saturated carbocycles. The maximum atomic E-state index is 12.9. The molecule has 29 heavy (non-hydrogen) atoms. The smallest absolute Gasteiger partial charge is 0.349 e. The predicted octanol–water partition coefficient (Wildman–Crippen LogP) is 3.32. The molecular weight excluding hydrogens is 398 g/mol. The van der Waals surface area contributed by atoms with Crippen molar-refractivity contribution in [2.75, 3.05) is 31.1 Å². The summed E-state index contributed by atoms with van der Waals surface area (Å²) in [6.07, 6.45) is 0. The van der Waals surface area contributed by atoms with Gasteiger partial charge in [-0.05, 0) is 30.3 Å². The molecule has 0 aliphatic carbocycles. The number of rotatable bonds is 3. The molecule has 1 aliphatic heterocycles. The molecule has 0 atom stereocenters. The molecule has 0 N–H and O–H groups in total. The summed E-state index contributed by atoms with van der Waals surface area (Å²) in [6.45, 7) is 2.04. The maximum Gasteiger partial charge on any atom is 0.349 e. The lowest BCUT2D eigenvalue weighted by Crippen LogP contribution is -2.49. The number of nitro benzene ring substituents is 1. The Morgan fingerprint density at radius 1 is 1.07 bits per heavy atom. The Bertz CT molecular complexity index is 1170. The standard InChI is InChI=1S/C20H16ClN3O5/c21-14-2-1-3-15(12-14)22-6-8-23(9-7-22)19(25)17-11-13-10-16(24(27)28)4-5-18(13)29-20(17)26/h1-5,10-12H,6-9H2. The second-order valence-electron chi connectivity index (χ2n) is 6.69. The zero-order valence-corrected chi connectivity index (χ0v) is 16.0. The van der Waals surface area contributed by atoms with Gasteiger partial charge in [0, 0.05) is 54.4 Å². The molecule has 8 nitrogen and oxygen atoms in total. The van der Waals surface area contributed by atoms with Gasteiger partial charge in [-0.3, -0.25) is 14.9 Å². The van der Waals surface area contributed by atoms with Crippen molar-refractivity contribution in [3.63, 3.8) is 0 Å². The van der Waals surface area contributed by atoms with Crippen molar-refractivity contribution >= 4 is 39.9 Å². The lowest BCUT2D eigenvalue weighted by Gasteiger charge is -2.36. The van der Waals surface area contributed by atoms with Gasteiger partial charge in [0.25, 0.3) is 11.6 Å². The van der Waals surface area contributed by atoms with Crippen LogP contribution in [0.25, 0.3) is 11.0 Å². The van der Waals surface area contributed by atoms with Crippen LogP contribution in [0.3, 0.4) is 0 Å². The van der Waals surface area contributed by atoms with Gasteiger partial charge in [-0.15, -0.1) is 0 Å². The first-order valence-electron chi connectivity index (χ1n) is 8.94. The Morgan fingerprint density at radius 2 is 1.83 bits per heavy atom. The Morgan fingerprint density at radius 3 is 2.52 bits per heavy atom. The van der Waals surface area contributed by atoms with E-state index >= 15 is 0 Å². The van der Waals surface area contributed by atoms with Crippen molar-refractivity contribution in [2.45, 2.75) is 0 Å². The van der Waals surface area contributed by atoms with Crippen LogP contribution in [0.2, 0.25) is 5.02 Å². The maximum absolute atomic E-state index is 12.9. The zero-order valence-electron chi connectivity index (χ0n) is 15.2. The van der Waals surface area contributed by atoms with Crippen LogP contribution in [0.5, 0.6) is 0 Å². The Labute approximate surface area is 170 Å². The van der Waals surface area contributed by atoms with E-state index < -0.39 is 16.5 Å². The predicted molar refractivity (Wildman–Crippen MR) is 109 cm³/mol. The zero-order chi connectivity index (χ0) is 20.5. The highest BCUT2D eigenvalue weighted by molar-refractivity contribution is 6.30. The van der Waals surface area contributed by atoms with Gasteiger partial charge in [0.15, 0.2) is 0 Å². The summed E-state index contributed by atoms with van der Waals surface area (Å²) in [4.78, 5) is 39.3. The van der Waals surface area contributed by atoms with Gasteiger partial charge in [0.2, 0.25) is 0 Å². The topological polar surface area (TPSA) is 96.9 Å². The summed E-state index contributed by atoms with van der Waals surface area (Å²) in [7, 11) is 0. The summed E-state index contributed by atoms with van der Waals surface area (Å²) < 4.78 is 5.19. The van der Waals surface area contributed by atoms with Crippen LogP contribution in [-0.2, 0) is 0 Å². The fourth-order valence-electron chi connectivity index (χ4n) is 3.38. The minimum absolute atomic E-state index is 0.130. The SMILES string of the molecule is O=C(c1cc2cc([N+](=O)[O-])ccc2oc1=O)N1CCN(c2cccc(Cl)c2)CC1. The van der Waals surface area contributed by atoms with Crippen LogP contribution < -0.4 is 10.5 Å². The number of fused-ring (bicyclic) bond motifs is 1. The van der Waals surface area contributed by atoms with Gasteiger partial charge in [0.05, 0.1) is 4.92 Å². The third kappa shape index (κ3) is 3.79. The van der Waals surface area contributed by atoms with Crippen molar-refractivity contribution in [2.24, 2.45) is 0 Å². The Hall–Kier alpha value is -3.39. The number of halogens is 1. The van der Waals surface area contributed by atoms with Gasteiger partial charge < -0.3 is 14.2 Å². The molecule has 148 valence electrons. The van der Waals surface area contributed by atoms with Crippen molar-refractivity contribution in [1.82, 2.24) is 4.90 Å². The fourth-order valence-corrected chi connectivity index (χ4v) is 3.57. The molecule has 0 spiro atoms. The lowest BCUT2D eigenvalue weighted by molar-refractivity contribution is -0.384. The average Bonchev–Trinajstić information content (AvgIpc) is 2.72. The highest BCUT2D eigenvalue weighted by Crippen LogP contribution is 2.23. The molecule has 3 aromatic rings. The fraction of sp³-hybridized carbons (Fsp3) is 0.200. The number of hydrogen-bond donors (Lipinski definition) is 0. The van der Waals surface area contributed by atoms with Gasteiger partial charge in [-0.2, -0.15) is 0 Å². The van der Waals surface area contributed by atoms with Crippen LogP contribution in [0, 0.1) is 10.1 Å². The van der Waals surface area contributed by atoms with E-state index in [1.165, 1.54) is 24.3 Å². The van der Waals surface area contributed by atoms with Crippen molar-refractivity contribution in [3.05, 3.63) is 79.7 Å². The van der Waals surface area contributed by atoms with Crippen molar-refractivity contribution < 1.29 is 14.1 Å². The molecule has 1 fully saturated rings. The van der Waals surface area contributed by atoms with Crippen LogP contribution in [0.15, 0.2) is 57.7 Å². The van der Waals surface area contributed by atoms with Crippen LogP contribution in [0.1, 0.15) is 10.4 Å². The molecule has 0 unspecified atom stereocenters. The van der Waals surface area contributed by atoms with E-state index in [4.69, 9.17) is 16.0 Å². The second kappa shape index (κ2) is 7.56. The van der Waals surface area contributed by atoms with E-state index in [1.54, 1.807) is 11.0 Å². The van der Waals surface area contributed by atoms with Crippen LogP contribution in [0.4, 0.5) is 11.4 Å². The molecule has 2 aromatic carbocycles. The molecule has 0 radical (unpaired) electrons. The highest BCUT2D eigenvalue weighted by atomic mass is 35.5. The van der Waals surface area contributed by atoms with E-state index in [0.29, 0.717) is 36.6 Å².